The van der Waals surface area contributed by atoms with Gasteiger partial charge in [-0.1, -0.05) is 6.07 Å². The van der Waals surface area contributed by atoms with Gasteiger partial charge in [-0.15, -0.1) is 0 Å². The quantitative estimate of drug-likeness (QED) is 0.230. The summed E-state index contributed by atoms with van der Waals surface area (Å²) in [5, 5.41) is 9.26. The van der Waals surface area contributed by atoms with Crippen molar-refractivity contribution in [1.82, 2.24) is 16.1 Å². The predicted octanol–water partition coefficient (Wildman–Crippen LogP) is 2.91. The molecule has 0 saturated heterocycles. The maximum atomic E-state index is 12.5. The molecule has 13 heteroatoms. The minimum Gasteiger partial charge on any atom is -0.493 e. The molecule has 2 heterocycles. The van der Waals surface area contributed by atoms with Gasteiger partial charge < -0.3 is 34.3 Å². The van der Waals surface area contributed by atoms with E-state index in [0.717, 1.165) is 4.47 Å². The van der Waals surface area contributed by atoms with Gasteiger partial charge in [0.2, 0.25) is 6.79 Å². The van der Waals surface area contributed by atoms with E-state index in [-0.39, 0.29) is 31.3 Å². The number of nitrogens with one attached hydrogen (secondary N) is 3. The Morgan fingerprint density at radius 1 is 1.21 bits per heavy atom. The van der Waals surface area contributed by atoms with Crippen LogP contribution in [0, 0.1) is 0 Å². The molecule has 0 aliphatic carbocycles. The number of halogens is 1. The number of benzene rings is 2. The molecule has 3 amide bonds. The molecule has 0 unspecified atom stereocenters. The van der Waals surface area contributed by atoms with Crippen molar-refractivity contribution in [2.75, 3.05) is 27.1 Å². The average Bonchev–Trinajstić information content (AvgIpc) is 3.34. The Balaban J connectivity index is 1.41. The van der Waals surface area contributed by atoms with Crippen LogP contribution >= 0.6 is 15.9 Å². The summed E-state index contributed by atoms with van der Waals surface area (Å²) < 4.78 is 27.6. The predicted molar refractivity (Wildman–Crippen MR) is 138 cm³/mol. The van der Waals surface area contributed by atoms with Gasteiger partial charge in [0.1, 0.15) is 0 Å². The molecule has 200 valence electrons. The molecule has 38 heavy (non-hydrogen) atoms. The van der Waals surface area contributed by atoms with Crippen molar-refractivity contribution in [3.63, 3.8) is 0 Å². The summed E-state index contributed by atoms with van der Waals surface area (Å²) in [4.78, 5) is 36.9. The van der Waals surface area contributed by atoms with E-state index in [4.69, 9.17) is 23.7 Å². The Labute approximate surface area is 226 Å². The lowest BCUT2D eigenvalue weighted by Gasteiger charge is -2.28. The lowest BCUT2D eigenvalue weighted by molar-refractivity contribution is -0.139. The molecule has 0 radical (unpaired) electrons. The first-order valence-electron chi connectivity index (χ1n) is 11.5. The molecular formula is C25H25BrN4O8. The zero-order valence-electron chi connectivity index (χ0n) is 20.8. The smallest absolute Gasteiger partial charge is 0.338 e. The van der Waals surface area contributed by atoms with Crippen molar-refractivity contribution in [3.8, 4) is 23.0 Å². The maximum Gasteiger partial charge on any atom is 0.338 e. The van der Waals surface area contributed by atoms with Gasteiger partial charge in [-0.3, -0.25) is 4.79 Å². The van der Waals surface area contributed by atoms with Crippen molar-refractivity contribution < 1.29 is 38.1 Å². The highest BCUT2D eigenvalue weighted by molar-refractivity contribution is 9.10. The van der Waals surface area contributed by atoms with Crippen molar-refractivity contribution in [1.29, 1.82) is 0 Å². The third-order valence-corrected chi connectivity index (χ3v) is 6.22. The van der Waals surface area contributed by atoms with Crippen LogP contribution in [0.5, 0.6) is 23.0 Å². The zero-order chi connectivity index (χ0) is 27.2. The number of nitrogens with zero attached hydrogens (tertiary/aromatic N) is 1. The molecule has 0 spiro atoms. The fraction of sp³-hybridized carbons (Fsp3) is 0.280. The van der Waals surface area contributed by atoms with Gasteiger partial charge in [-0.2, -0.15) is 5.10 Å². The van der Waals surface area contributed by atoms with E-state index in [2.05, 4.69) is 37.1 Å². The summed E-state index contributed by atoms with van der Waals surface area (Å²) >= 11 is 3.42. The van der Waals surface area contributed by atoms with Gasteiger partial charge in [0.05, 0.1) is 31.5 Å². The number of fused-ring (bicyclic) bond motifs is 1. The lowest BCUT2D eigenvalue weighted by atomic mass is 9.95. The minimum absolute atomic E-state index is 0.149. The molecule has 4 rings (SSSR count). The number of carbonyl (C=O) groups excluding carboxylic acids is 3. The van der Waals surface area contributed by atoms with E-state index in [0.29, 0.717) is 34.1 Å². The second-order valence-electron chi connectivity index (χ2n) is 8.01. The minimum atomic E-state index is -0.765. The second-order valence-corrected chi connectivity index (χ2v) is 8.86. The monoisotopic (exact) mass is 588 g/mol. The van der Waals surface area contributed by atoms with E-state index < -0.39 is 23.9 Å². The van der Waals surface area contributed by atoms with Crippen molar-refractivity contribution in [2.24, 2.45) is 5.10 Å². The topological polar surface area (TPSA) is 146 Å². The fourth-order valence-electron chi connectivity index (χ4n) is 3.79. The molecule has 2 aromatic carbocycles. The number of hydrogen-bond donors (Lipinski definition) is 3. The van der Waals surface area contributed by atoms with Crippen LogP contribution in [-0.2, 0) is 14.3 Å². The van der Waals surface area contributed by atoms with E-state index in [1.807, 2.05) is 0 Å². The number of urea groups is 1. The zero-order valence-corrected chi connectivity index (χ0v) is 22.3. The molecule has 0 bridgehead atoms. The molecular weight excluding hydrogens is 564 g/mol. The first-order valence-corrected chi connectivity index (χ1v) is 12.3. The number of esters is 1. The maximum absolute atomic E-state index is 12.5. The van der Waals surface area contributed by atoms with E-state index in [1.165, 1.54) is 13.3 Å². The summed E-state index contributed by atoms with van der Waals surface area (Å²) in [5.74, 6) is 0.746. The Bertz CT molecular complexity index is 1330. The number of hydrazone groups is 1. The lowest BCUT2D eigenvalue weighted by Crippen LogP contribution is -2.45. The Morgan fingerprint density at radius 3 is 2.71 bits per heavy atom. The third-order valence-electron chi connectivity index (χ3n) is 5.53. The van der Waals surface area contributed by atoms with E-state index in [9.17, 15) is 14.4 Å². The standard InChI is InChI=1S/C25H25BrN4O8/c1-4-35-24(32)22-13(2)28-25(33)29-23(22)14-5-6-17(18(7-14)34-3)36-11-21(31)30-27-10-15-8-19-20(9-16(15)26)38-12-37-19/h5-10,23H,4,11-12H2,1-3H3,(H,30,31)(H2,28,29,33)/b27-10-/t23-/m1/s1. The van der Waals surface area contributed by atoms with Gasteiger partial charge >= 0.3 is 12.0 Å². The van der Waals surface area contributed by atoms with E-state index >= 15 is 0 Å². The van der Waals surface area contributed by atoms with Gasteiger partial charge in [-0.25, -0.2) is 15.0 Å². The molecule has 2 aliphatic rings. The van der Waals surface area contributed by atoms with Crippen LogP contribution in [0.3, 0.4) is 0 Å². The van der Waals surface area contributed by atoms with Gasteiger partial charge in [-0.05, 0) is 59.6 Å². The molecule has 3 N–H and O–H groups in total. The number of allylic oxidation sites excluding steroid dienone is 1. The number of hydrogen-bond acceptors (Lipinski definition) is 9. The number of ether oxygens (including phenoxy) is 5. The van der Waals surface area contributed by atoms with Crippen LogP contribution < -0.4 is 35.0 Å². The summed E-state index contributed by atoms with van der Waals surface area (Å²) in [5.41, 5.74) is 4.31. The van der Waals surface area contributed by atoms with Crippen molar-refractivity contribution >= 4 is 40.1 Å². The van der Waals surface area contributed by atoms with Crippen LogP contribution in [-0.4, -0.2) is 51.2 Å². The Kier molecular flexibility index (Phi) is 8.36. The SMILES string of the molecule is CCOC(=O)C1=C(C)NC(=O)N[C@@H]1c1ccc(OCC(=O)N/N=C\c2cc3c(cc2Br)OCO3)c(OC)c1. The third kappa shape index (κ3) is 5.99. The van der Waals surface area contributed by atoms with Crippen LogP contribution in [0.4, 0.5) is 4.79 Å². The number of carbonyl (C=O) groups is 3. The van der Waals surface area contributed by atoms with Gasteiger partial charge in [0.25, 0.3) is 5.91 Å². The number of amides is 3. The largest absolute Gasteiger partial charge is 0.493 e. The Hall–Kier alpha value is -4.26. The molecule has 2 aliphatic heterocycles. The van der Waals surface area contributed by atoms with E-state index in [1.54, 1.807) is 44.2 Å². The highest BCUT2D eigenvalue weighted by atomic mass is 79.9. The first-order chi connectivity index (χ1) is 18.3. The summed E-state index contributed by atoms with van der Waals surface area (Å²) in [6.07, 6.45) is 1.46. The Morgan fingerprint density at radius 2 is 1.97 bits per heavy atom. The summed E-state index contributed by atoms with van der Waals surface area (Å²) in [6.45, 7) is 3.32. The van der Waals surface area contributed by atoms with Crippen LogP contribution in [0.15, 0.2) is 51.2 Å². The molecule has 0 aromatic heterocycles. The molecule has 0 saturated carbocycles. The van der Waals surface area contributed by atoms with Crippen LogP contribution in [0.2, 0.25) is 0 Å². The molecule has 12 nitrogen and oxygen atoms in total. The second kappa shape index (κ2) is 11.9. The number of rotatable bonds is 9. The normalized spacial score (nSPS) is 16.1. The van der Waals surface area contributed by atoms with Gasteiger partial charge in [0.15, 0.2) is 29.6 Å². The molecule has 0 fully saturated rings. The van der Waals surface area contributed by atoms with Gasteiger partial charge in [0, 0.05) is 15.7 Å². The van der Waals surface area contributed by atoms with Crippen LogP contribution in [0.1, 0.15) is 31.0 Å². The van der Waals surface area contributed by atoms with Crippen molar-refractivity contribution in [2.45, 2.75) is 19.9 Å². The molecule has 2 aromatic rings. The highest BCUT2D eigenvalue weighted by Crippen LogP contribution is 2.36. The fourth-order valence-corrected chi connectivity index (χ4v) is 4.21. The summed E-state index contributed by atoms with van der Waals surface area (Å²) in [6, 6.07) is 7.13. The first kappa shape index (κ1) is 26.8. The highest BCUT2D eigenvalue weighted by Gasteiger charge is 2.32. The molecule has 1 atom stereocenters. The van der Waals surface area contributed by atoms with Crippen molar-refractivity contribution in [3.05, 3.63) is 57.2 Å². The van der Waals surface area contributed by atoms with Crippen LogP contribution in [0.25, 0.3) is 0 Å². The number of methoxy groups -OCH3 is 1. The summed E-state index contributed by atoms with van der Waals surface area (Å²) in [7, 11) is 1.44. The average molecular weight is 589 g/mol.